The summed E-state index contributed by atoms with van der Waals surface area (Å²) in [6.45, 7) is 1.86. The van der Waals surface area contributed by atoms with Gasteiger partial charge in [-0.05, 0) is 18.2 Å². The first kappa shape index (κ1) is 19.1. The third kappa shape index (κ3) is 6.86. The van der Waals surface area contributed by atoms with E-state index < -0.39 is 23.6 Å². The molecular formula is C15H18FN3O5. The van der Waals surface area contributed by atoms with Gasteiger partial charge in [-0.2, -0.15) is 0 Å². The highest BCUT2D eigenvalue weighted by Crippen LogP contribution is 2.16. The molecule has 0 saturated heterocycles. The van der Waals surface area contributed by atoms with Crippen LogP contribution in [0.1, 0.15) is 30.1 Å². The zero-order valence-electron chi connectivity index (χ0n) is 13.0. The van der Waals surface area contributed by atoms with E-state index in [-0.39, 0.29) is 43.1 Å². The third-order valence-electron chi connectivity index (χ3n) is 2.89. The second kappa shape index (κ2) is 9.23. The Morgan fingerprint density at radius 2 is 1.67 bits per heavy atom. The lowest BCUT2D eigenvalue weighted by molar-refractivity contribution is -0.124. The van der Waals surface area contributed by atoms with Crippen molar-refractivity contribution in [2.75, 3.05) is 18.4 Å². The maximum absolute atomic E-state index is 13.5. The van der Waals surface area contributed by atoms with Crippen molar-refractivity contribution in [1.82, 2.24) is 10.6 Å². The Balaban J connectivity index is 2.41. The van der Waals surface area contributed by atoms with Crippen molar-refractivity contribution < 1.29 is 28.7 Å². The Kier molecular flexibility index (Phi) is 7.34. The summed E-state index contributed by atoms with van der Waals surface area (Å²) in [5.41, 5.74) is -0.423. The molecule has 1 aromatic rings. The number of hydrogen-bond acceptors (Lipinski definition) is 4. The van der Waals surface area contributed by atoms with Crippen molar-refractivity contribution in [1.29, 1.82) is 0 Å². The van der Waals surface area contributed by atoms with Crippen molar-refractivity contribution in [3.8, 4) is 0 Å². The van der Waals surface area contributed by atoms with Crippen molar-refractivity contribution in [3.05, 3.63) is 29.6 Å². The lowest BCUT2D eigenvalue weighted by atomic mass is 10.2. The normalized spacial score (nSPS) is 9.92. The monoisotopic (exact) mass is 339 g/mol. The molecule has 1 aromatic carbocycles. The van der Waals surface area contributed by atoms with Crippen LogP contribution < -0.4 is 16.0 Å². The predicted octanol–water partition coefficient (Wildman–Crippen LogP) is 0.495. The number of carbonyl (C=O) groups is 4. The highest BCUT2D eigenvalue weighted by atomic mass is 19.1. The van der Waals surface area contributed by atoms with Crippen LogP contribution in [0.2, 0.25) is 0 Å². The molecule has 0 unspecified atom stereocenters. The second-order valence-electron chi connectivity index (χ2n) is 4.88. The summed E-state index contributed by atoms with van der Waals surface area (Å²) in [4.78, 5) is 44.7. The molecular weight excluding hydrogens is 321 g/mol. The van der Waals surface area contributed by atoms with E-state index in [0.29, 0.717) is 0 Å². The summed E-state index contributed by atoms with van der Waals surface area (Å²) in [6, 6.07) is 3.02. The van der Waals surface area contributed by atoms with Gasteiger partial charge in [-0.1, -0.05) is 0 Å². The number of hydrogen-bond donors (Lipinski definition) is 4. The molecule has 0 fully saturated rings. The van der Waals surface area contributed by atoms with Gasteiger partial charge >= 0.3 is 5.97 Å². The standard InChI is InChI=1S/C15H18FN3O5/c1-9(20)17-6-7-18-13(21)4-5-14(22)19-12-8-10(15(23)24)2-3-11(12)16/h2-3,8H,4-7H2,1H3,(H,17,20)(H,18,21)(H,19,22)(H,23,24). The number of amides is 3. The van der Waals surface area contributed by atoms with Crippen LogP contribution in [0.15, 0.2) is 18.2 Å². The molecule has 0 aromatic heterocycles. The van der Waals surface area contributed by atoms with Crippen LogP contribution in [-0.2, 0) is 14.4 Å². The highest BCUT2D eigenvalue weighted by molar-refractivity contribution is 5.95. The summed E-state index contributed by atoms with van der Waals surface area (Å²) >= 11 is 0. The number of benzene rings is 1. The number of carbonyl (C=O) groups excluding carboxylic acids is 3. The number of halogens is 1. The maximum Gasteiger partial charge on any atom is 0.335 e. The van der Waals surface area contributed by atoms with E-state index in [0.717, 1.165) is 18.2 Å². The molecule has 0 aliphatic rings. The summed E-state index contributed by atoms with van der Waals surface area (Å²) in [5, 5.41) is 16.1. The fraction of sp³-hybridized carbons (Fsp3) is 0.333. The van der Waals surface area contributed by atoms with Gasteiger partial charge in [0, 0.05) is 32.9 Å². The molecule has 1 rings (SSSR count). The van der Waals surface area contributed by atoms with Crippen molar-refractivity contribution in [2.24, 2.45) is 0 Å². The minimum absolute atomic E-state index is 0.119. The minimum atomic E-state index is -1.25. The molecule has 0 bridgehead atoms. The third-order valence-corrected chi connectivity index (χ3v) is 2.89. The SMILES string of the molecule is CC(=O)NCCNC(=O)CCC(=O)Nc1cc(C(=O)O)ccc1F. The number of nitrogens with one attached hydrogen (secondary N) is 3. The van der Waals surface area contributed by atoms with Gasteiger partial charge in [0.25, 0.3) is 0 Å². The van der Waals surface area contributed by atoms with Gasteiger partial charge in [0.05, 0.1) is 11.3 Å². The first-order valence-corrected chi connectivity index (χ1v) is 7.13. The first-order valence-electron chi connectivity index (χ1n) is 7.13. The lowest BCUT2D eigenvalue weighted by Gasteiger charge is -2.08. The summed E-state index contributed by atoms with van der Waals surface area (Å²) in [7, 11) is 0. The van der Waals surface area contributed by atoms with Gasteiger partial charge in [0.1, 0.15) is 5.82 Å². The summed E-state index contributed by atoms with van der Waals surface area (Å²) in [5.74, 6) is -3.24. The van der Waals surface area contributed by atoms with E-state index >= 15 is 0 Å². The number of aromatic carboxylic acids is 1. The highest BCUT2D eigenvalue weighted by Gasteiger charge is 2.12. The van der Waals surface area contributed by atoms with Gasteiger partial charge in [-0.3, -0.25) is 14.4 Å². The average molecular weight is 339 g/mol. The van der Waals surface area contributed by atoms with Crippen molar-refractivity contribution in [3.63, 3.8) is 0 Å². The molecule has 0 saturated carbocycles. The fourth-order valence-corrected chi connectivity index (χ4v) is 1.72. The smallest absolute Gasteiger partial charge is 0.335 e. The number of carboxylic acid groups (broad SMARTS) is 1. The molecule has 0 aliphatic heterocycles. The zero-order valence-corrected chi connectivity index (χ0v) is 13.0. The van der Waals surface area contributed by atoms with Crippen LogP contribution >= 0.6 is 0 Å². The van der Waals surface area contributed by atoms with Crippen LogP contribution in [0.3, 0.4) is 0 Å². The summed E-state index contributed by atoms with van der Waals surface area (Å²) in [6.07, 6.45) is -0.311. The molecule has 0 aliphatic carbocycles. The molecule has 130 valence electrons. The van der Waals surface area contributed by atoms with Crippen LogP contribution in [0.25, 0.3) is 0 Å². The number of carboxylic acids is 1. The Morgan fingerprint density at radius 1 is 1.04 bits per heavy atom. The molecule has 9 heteroatoms. The molecule has 4 N–H and O–H groups in total. The van der Waals surface area contributed by atoms with E-state index in [1.807, 2.05) is 0 Å². The van der Waals surface area contributed by atoms with E-state index in [2.05, 4.69) is 16.0 Å². The molecule has 24 heavy (non-hydrogen) atoms. The van der Waals surface area contributed by atoms with Crippen LogP contribution in [0, 0.1) is 5.82 Å². The van der Waals surface area contributed by atoms with Crippen LogP contribution in [0.5, 0.6) is 0 Å². The number of anilines is 1. The van der Waals surface area contributed by atoms with Gasteiger partial charge in [-0.25, -0.2) is 9.18 Å². The van der Waals surface area contributed by atoms with Crippen molar-refractivity contribution >= 4 is 29.4 Å². The maximum atomic E-state index is 13.5. The lowest BCUT2D eigenvalue weighted by Crippen LogP contribution is -2.33. The van der Waals surface area contributed by atoms with E-state index in [4.69, 9.17) is 5.11 Å². The molecule has 0 heterocycles. The van der Waals surface area contributed by atoms with Crippen LogP contribution in [-0.4, -0.2) is 41.9 Å². The Labute approximate surface area is 137 Å². The van der Waals surface area contributed by atoms with Gasteiger partial charge < -0.3 is 21.1 Å². The molecule has 3 amide bonds. The average Bonchev–Trinajstić information content (AvgIpc) is 2.51. The van der Waals surface area contributed by atoms with Gasteiger partial charge in [0.15, 0.2) is 0 Å². The molecule has 0 spiro atoms. The molecule has 0 atom stereocenters. The first-order chi connectivity index (χ1) is 11.3. The second-order valence-corrected chi connectivity index (χ2v) is 4.88. The Hall–Kier alpha value is -2.97. The number of rotatable bonds is 8. The quantitative estimate of drug-likeness (QED) is 0.513. The van der Waals surface area contributed by atoms with Gasteiger partial charge in [-0.15, -0.1) is 0 Å². The fourth-order valence-electron chi connectivity index (χ4n) is 1.72. The van der Waals surface area contributed by atoms with E-state index in [1.54, 1.807) is 0 Å². The Morgan fingerprint density at radius 3 is 2.29 bits per heavy atom. The Bertz CT molecular complexity index is 648. The van der Waals surface area contributed by atoms with E-state index in [1.165, 1.54) is 6.92 Å². The summed E-state index contributed by atoms with van der Waals surface area (Å²) < 4.78 is 13.5. The zero-order chi connectivity index (χ0) is 18.1. The minimum Gasteiger partial charge on any atom is -0.478 e. The van der Waals surface area contributed by atoms with Gasteiger partial charge in [0.2, 0.25) is 17.7 Å². The van der Waals surface area contributed by atoms with E-state index in [9.17, 15) is 23.6 Å². The molecule has 0 radical (unpaired) electrons. The van der Waals surface area contributed by atoms with Crippen LogP contribution in [0.4, 0.5) is 10.1 Å². The van der Waals surface area contributed by atoms with Crippen molar-refractivity contribution in [2.45, 2.75) is 19.8 Å². The largest absolute Gasteiger partial charge is 0.478 e. The topological polar surface area (TPSA) is 125 Å². The molecule has 8 nitrogen and oxygen atoms in total. The predicted molar refractivity (Wildman–Crippen MR) is 82.9 cm³/mol.